The van der Waals surface area contributed by atoms with Crippen LogP contribution in [0, 0.1) is 0 Å². The van der Waals surface area contributed by atoms with Crippen LogP contribution in [0.4, 0.5) is 10.5 Å². The summed E-state index contributed by atoms with van der Waals surface area (Å²) in [6.07, 6.45) is 1.93. The van der Waals surface area contributed by atoms with Crippen LogP contribution in [0.1, 0.15) is 5.56 Å². The molecule has 1 atom stereocenters. The largest absolute Gasteiger partial charge is 0.480 e. The van der Waals surface area contributed by atoms with Crippen molar-refractivity contribution < 1.29 is 14.7 Å². The number of hydrogen-bond donors (Lipinski definition) is 4. The Labute approximate surface area is 148 Å². The molecule has 7 heteroatoms. The van der Waals surface area contributed by atoms with Crippen molar-refractivity contribution >= 4 is 40.2 Å². The van der Waals surface area contributed by atoms with Gasteiger partial charge in [0.1, 0.15) is 6.04 Å². The van der Waals surface area contributed by atoms with Crippen molar-refractivity contribution in [3.05, 3.63) is 65.3 Å². The molecule has 2 aromatic carbocycles. The number of carboxylic acid groups (broad SMARTS) is 1. The molecular weight excluding hydrogens is 342 g/mol. The standard InChI is InChI=1S/C18H16ClN3O3/c19-12-4-3-5-13(9-12)21-18(25)22-16(17(23)24)8-11-10-20-15-7-2-1-6-14(11)15/h1-7,9-10,16,20H,8H2,(H,23,24)(H2,21,22,25)/t16-/m1/s1. The molecule has 128 valence electrons. The topological polar surface area (TPSA) is 94.2 Å². The van der Waals surface area contributed by atoms with Crippen LogP contribution in [0.25, 0.3) is 10.9 Å². The first kappa shape index (κ1) is 16.9. The molecule has 3 aromatic rings. The fourth-order valence-electron chi connectivity index (χ4n) is 2.61. The zero-order valence-electron chi connectivity index (χ0n) is 13.1. The number of carboxylic acids is 1. The summed E-state index contributed by atoms with van der Waals surface area (Å²) in [5.74, 6) is -1.11. The molecule has 1 heterocycles. The predicted molar refractivity (Wildman–Crippen MR) is 97.0 cm³/mol. The van der Waals surface area contributed by atoms with Crippen LogP contribution in [0.5, 0.6) is 0 Å². The third kappa shape index (κ3) is 4.10. The van der Waals surface area contributed by atoms with E-state index in [1.807, 2.05) is 24.3 Å². The van der Waals surface area contributed by atoms with E-state index in [2.05, 4.69) is 15.6 Å². The molecular formula is C18H16ClN3O3. The number of fused-ring (bicyclic) bond motifs is 1. The van der Waals surface area contributed by atoms with E-state index in [4.69, 9.17) is 11.6 Å². The normalized spacial score (nSPS) is 11.9. The summed E-state index contributed by atoms with van der Waals surface area (Å²) in [4.78, 5) is 26.7. The van der Waals surface area contributed by atoms with E-state index >= 15 is 0 Å². The van der Waals surface area contributed by atoms with Crippen LogP contribution in [-0.2, 0) is 11.2 Å². The fourth-order valence-corrected chi connectivity index (χ4v) is 2.80. The van der Waals surface area contributed by atoms with Gasteiger partial charge >= 0.3 is 12.0 Å². The summed E-state index contributed by atoms with van der Waals surface area (Å²) in [6.45, 7) is 0. The van der Waals surface area contributed by atoms with Crippen LogP contribution >= 0.6 is 11.6 Å². The minimum Gasteiger partial charge on any atom is -0.480 e. The summed E-state index contributed by atoms with van der Waals surface area (Å²) < 4.78 is 0. The molecule has 0 aliphatic carbocycles. The maximum atomic E-state index is 12.1. The zero-order chi connectivity index (χ0) is 17.8. The Bertz CT molecular complexity index is 923. The van der Waals surface area contributed by atoms with Crippen LogP contribution in [0.2, 0.25) is 5.02 Å². The molecule has 6 nitrogen and oxygen atoms in total. The van der Waals surface area contributed by atoms with Gasteiger partial charge in [0.25, 0.3) is 0 Å². The Morgan fingerprint density at radius 1 is 1.16 bits per heavy atom. The maximum absolute atomic E-state index is 12.1. The monoisotopic (exact) mass is 357 g/mol. The molecule has 0 fully saturated rings. The number of aliphatic carboxylic acids is 1. The number of nitrogens with one attached hydrogen (secondary N) is 3. The molecule has 25 heavy (non-hydrogen) atoms. The van der Waals surface area contributed by atoms with E-state index in [9.17, 15) is 14.7 Å². The highest BCUT2D eigenvalue weighted by atomic mass is 35.5. The first-order chi connectivity index (χ1) is 12.0. The van der Waals surface area contributed by atoms with Gasteiger partial charge in [-0.3, -0.25) is 0 Å². The van der Waals surface area contributed by atoms with Gasteiger partial charge in [-0.05, 0) is 29.8 Å². The minimum absolute atomic E-state index is 0.169. The molecule has 2 amide bonds. The molecule has 1 aromatic heterocycles. The third-order valence-corrected chi connectivity index (χ3v) is 4.02. The lowest BCUT2D eigenvalue weighted by atomic mass is 10.1. The maximum Gasteiger partial charge on any atom is 0.326 e. The molecule has 0 spiro atoms. The Balaban J connectivity index is 1.71. The first-order valence-electron chi connectivity index (χ1n) is 7.64. The van der Waals surface area contributed by atoms with E-state index in [0.29, 0.717) is 10.7 Å². The van der Waals surface area contributed by atoms with E-state index in [0.717, 1.165) is 16.5 Å². The minimum atomic E-state index is -1.11. The lowest BCUT2D eigenvalue weighted by Gasteiger charge is -2.15. The number of para-hydroxylation sites is 1. The van der Waals surface area contributed by atoms with Crippen LogP contribution in [0.15, 0.2) is 54.7 Å². The second-order valence-electron chi connectivity index (χ2n) is 5.56. The molecule has 4 N–H and O–H groups in total. The fraction of sp³-hybridized carbons (Fsp3) is 0.111. The third-order valence-electron chi connectivity index (χ3n) is 3.78. The van der Waals surface area contributed by atoms with Crippen LogP contribution < -0.4 is 10.6 Å². The number of anilines is 1. The highest BCUT2D eigenvalue weighted by molar-refractivity contribution is 6.30. The average Bonchev–Trinajstić information content (AvgIpc) is 2.97. The number of carbonyl (C=O) groups excluding carboxylic acids is 1. The van der Waals surface area contributed by atoms with Crippen molar-refractivity contribution in [3.8, 4) is 0 Å². The molecule has 0 aliphatic rings. The zero-order valence-corrected chi connectivity index (χ0v) is 13.9. The summed E-state index contributed by atoms with van der Waals surface area (Å²) in [5, 5.41) is 15.9. The van der Waals surface area contributed by atoms with Crippen molar-refractivity contribution in [1.82, 2.24) is 10.3 Å². The highest BCUT2D eigenvalue weighted by Crippen LogP contribution is 2.19. The van der Waals surface area contributed by atoms with Gasteiger partial charge in [-0.25, -0.2) is 9.59 Å². The van der Waals surface area contributed by atoms with Crippen molar-refractivity contribution in [2.75, 3.05) is 5.32 Å². The number of carbonyl (C=O) groups is 2. The van der Waals surface area contributed by atoms with Crippen molar-refractivity contribution in [1.29, 1.82) is 0 Å². The Kier molecular flexibility index (Phi) is 4.90. The van der Waals surface area contributed by atoms with Gasteiger partial charge in [0.2, 0.25) is 0 Å². The number of H-pyrrole nitrogens is 1. The van der Waals surface area contributed by atoms with Gasteiger partial charge < -0.3 is 20.7 Å². The number of urea groups is 1. The SMILES string of the molecule is O=C(Nc1cccc(Cl)c1)N[C@H](Cc1c[nH]c2ccccc12)C(=O)O. The summed E-state index contributed by atoms with van der Waals surface area (Å²) >= 11 is 5.87. The van der Waals surface area contributed by atoms with Crippen molar-refractivity contribution in [2.45, 2.75) is 12.5 Å². The molecule has 0 saturated heterocycles. The van der Waals surface area contributed by atoms with Crippen molar-refractivity contribution in [3.63, 3.8) is 0 Å². The van der Waals surface area contributed by atoms with Gasteiger partial charge in [0, 0.05) is 34.2 Å². The smallest absolute Gasteiger partial charge is 0.326 e. The van der Waals surface area contributed by atoms with Gasteiger partial charge in [0.15, 0.2) is 0 Å². The Hall–Kier alpha value is -2.99. The molecule has 0 saturated carbocycles. The summed E-state index contributed by atoms with van der Waals surface area (Å²) in [5.41, 5.74) is 2.23. The second kappa shape index (κ2) is 7.27. The summed E-state index contributed by atoms with van der Waals surface area (Å²) in [6, 6.07) is 12.6. The number of halogens is 1. The Morgan fingerprint density at radius 2 is 1.96 bits per heavy atom. The van der Waals surface area contributed by atoms with E-state index < -0.39 is 18.0 Å². The molecule has 0 aliphatic heterocycles. The molecule has 0 radical (unpaired) electrons. The number of benzene rings is 2. The second-order valence-corrected chi connectivity index (χ2v) is 6.00. The molecule has 0 unspecified atom stereocenters. The van der Waals surface area contributed by atoms with E-state index in [1.165, 1.54) is 0 Å². The number of hydrogen-bond acceptors (Lipinski definition) is 2. The lowest BCUT2D eigenvalue weighted by molar-refractivity contribution is -0.139. The van der Waals surface area contributed by atoms with Gasteiger partial charge in [-0.15, -0.1) is 0 Å². The lowest BCUT2D eigenvalue weighted by Crippen LogP contribution is -2.44. The number of aromatic nitrogens is 1. The van der Waals surface area contributed by atoms with Gasteiger partial charge in [0.05, 0.1) is 0 Å². The first-order valence-corrected chi connectivity index (χ1v) is 8.01. The van der Waals surface area contributed by atoms with Gasteiger partial charge in [-0.2, -0.15) is 0 Å². The molecule has 0 bridgehead atoms. The quantitative estimate of drug-likeness (QED) is 0.561. The predicted octanol–water partition coefficient (Wildman–Crippen LogP) is 3.64. The number of amides is 2. The Morgan fingerprint density at radius 3 is 2.72 bits per heavy atom. The average molecular weight is 358 g/mol. The van der Waals surface area contributed by atoms with E-state index in [1.54, 1.807) is 30.5 Å². The number of aromatic amines is 1. The van der Waals surface area contributed by atoms with Crippen LogP contribution in [-0.4, -0.2) is 28.1 Å². The molecule has 3 rings (SSSR count). The number of rotatable bonds is 5. The summed E-state index contributed by atoms with van der Waals surface area (Å²) in [7, 11) is 0. The highest BCUT2D eigenvalue weighted by Gasteiger charge is 2.22. The van der Waals surface area contributed by atoms with Crippen LogP contribution in [0.3, 0.4) is 0 Å². The van der Waals surface area contributed by atoms with Gasteiger partial charge in [-0.1, -0.05) is 35.9 Å². The van der Waals surface area contributed by atoms with Crippen molar-refractivity contribution in [2.24, 2.45) is 0 Å². The van der Waals surface area contributed by atoms with E-state index in [-0.39, 0.29) is 6.42 Å².